The van der Waals surface area contributed by atoms with E-state index in [1.165, 1.54) is 42.2 Å². The molecule has 0 aliphatic heterocycles. The van der Waals surface area contributed by atoms with Crippen molar-refractivity contribution in [1.29, 1.82) is 0 Å². The first kappa shape index (κ1) is 25.5. The van der Waals surface area contributed by atoms with E-state index in [2.05, 4.69) is 51.7 Å². The highest BCUT2D eigenvalue weighted by Crippen LogP contribution is 2.38. The number of benzene rings is 2. The highest BCUT2D eigenvalue weighted by Gasteiger charge is 2.35. The van der Waals surface area contributed by atoms with Gasteiger partial charge in [0.15, 0.2) is 0 Å². The number of hydrogen-bond donors (Lipinski definition) is 3. The molecule has 7 heteroatoms. The van der Waals surface area contributed by atoms with Gasteiger partial charge in [-0.25, -0.2) is 8.78 Å². The van der Waals surface area contributed by atoms with E-state index in [1.807, 2.05) is 0 Å². The maximum absolute atomic E-state index is 13.7. The average molecular weight is 499 g/mol. The third-order valence-corrected chi connectivity index (χ3v) is 7.54. The Morgan fingerprint density at radius 1 is 1.06 bits per heavy atom. The fraction of sp³-hybridized carbons (Fsp3) is 0.393. The van der Waals surface area contributed by atoms with Crippen molar-refractivity contribution in [1.82, 2.24) is 10.6 Å². The fourth-order valence-electron chi connectivity index (χ4n) is 5.12. The summed E-state index contributed by atoms with van der Waals surface area (Å²) >= 11 is 1.67. The molecule has 0 unspecified atom stereocenters. The summed E-state index contributed by atoms with van der Waals surface area (Å²) in [7, 11) is 0. The molecule has 3 N–H and O–H groups in total. The Bertz CT molecular complexity index is 1110. The molecule has 1 aliphatic carbocycles. The molecule has 1 amide bonds. The molecule has 0 radical (unpaired) electrons. The Kier molecular flexibility index (Phi) is 8.31. The van der Waals surface area contributed by atoms with E-state index >= 15 is 0 Å². The van der Waals surface area contributed by atoms with E-state index in [1.54, 1.807) is 11.3 Å². The number of carbonyl (C=O) groups is 1. The van der Waals surface area contributed by atoms with Gasteiger partial charge >= 0.3 is 0 Å². The molecular weight excluding hydrogens is 466 g/mol. The van der Waals surface area contributed by atoms with Crippen LogP contribution < -0.4 is 10.6 Å². The molecule has 35 heavy (non-hydrogen) atoms. The summed E-state index contributed by atoms with van der Waals surface area (Å²) in [5.41, 5.74) is 3.65. The average Bonchev–Trinajstić information content (AvgIpc) is 3.37. The number of nitrogens with one attached hydrogen (secondary N) is 2. The van der Waals surface area contributed by atoms with Crippen LogP contribution in [0.1, 0.15) is 50.2 Å². The minimum atomic E-state index is -0.941. The summed E-state index contributed by atoms with van der Waals surface area (Å²) in [6.45, 7) is 1.61. The number of halogens is 2. The van der Waals surface area contributed by atoms with Crippen LogP contribution in [-0.4, -0.2) is 29.7 Å². The number of aliphatic hydroxyl groups is 1. The molecule has 0 spiro atoms. The lowest BCUT2D eigenvalue weighted by atomic mass is 9.76. The predicted molar refractivity (Wildman–Crippen MR) is 136 cm³/mol. The Morgan fingerprint density at radius 2 is 1.80 bits per heavy atom. The smallest absolute Gasteiger partial charge is 0.217 e. The van der Waals surface area contributed by atoms with Crippen molar-refractivity contribution < 1.29 is 18.7 Å². The van der Waals surface area contributed by atoms with Crippen molar-refractivity contribution in [3.63, 3.8) is 0 Å². The summed E-state index contributed by atoms with van der Waals surface area (Å²) in [6.07, 6.45) is 4.43. The zero-order valence-corrected chi connectivity index (χ0v) is 20.7. The zero-order chi connectivity index (χ0) is 24.8. The molecule has 186 valence electrons. The molecule has 1 fully saturated rings. The van der Waals surface area contributed by atoms with E-state index < -0.39 is 23.8 Å². The van der Waals surface area contributed by atoms with Gasteiger partial charge in [0.2, 0.25) is 5.91 Å². The molecule has 4 nitrogen and oxygen atoms in total. The molecule has 1 saturated carbocycles. The van der Waals surface area contributed by atoms with Crippen molar-refractivity contribution in [3.05, 3.63) is 82.1 Å². The van der Waals surface area contributed by atoms with Crippen LogP contribution in [0.3, 0.4) is 0 Å². The van der Waals surface area contributed by atoms with Gasteiger partial charge in [0.1, 0.15) is 11.6 Å². The van der Waals surface area contributed by atoms with Gasteiger partial charge in [0.05, 0.1) is 12.1 Å². The lowest BCUT2D eigenvalue weighted by Gasteiger charge is -2.40. The summed E-state index contributed by atoms with van der Waals surface area (Å²) in [5, 5.41) is 21.7. The monoisotopic (exact) mass is 498 g/mol. The maximum atomic E-state index is 13.7. The standard InChI is InChI=1S/C28H32F2N2O2S/c1-19(33)32-26(14-20-12-24(29)16-25(30)13-20)27(34)17-31-28(9-3-2-4-10-28)23-7-5-6-21(15-23)22-8-11-35-18-22/h5-8,11-13,15-16,18,26-27,31,34H,2-4,9-10,14,17H2,1H3,(H,32,33)/t26-,27-/m0/s1. The number of aliphatic hydroxyl groups excluding tert-OH is 1. The minimum absolute atomic E-state index is 0.123. The molecule has 2 aromatic carbocycles. The van der Waals surface area contributed by atoms with E-state index in [9.17, 15) is 18.7 Å². The van der Waals surface area contributed by atoms with Crippen LogP contribution in [0.5, 0.6) is 0 Å². The predicted octanol–water partition coefficient (Wildman–Crippen LogP) is 5.55. The minimum Gasteiger partial charge on any atom is -0.390 e. The second-order valence-corrected chi connectivity index (χ2v) is 10.3. The van der Waals surface area contributed by atoms with E-state index in [4.69, 9.17) is 0 Å². The summed E-state index contributed by atoms with van der Waals surface area (Å²) in [5.74, 6) is -1.66. The van der Waals surface area contributed by atoms with Crippen molar-refractivity contribution in [2.75, 3.05) is 6.54 Å². The van der Waals surface area contributed by atoms with Gasteiger partial charge in [-0.2, -0.15) is 11.3 Å². The summed E-state index contributed by atoms with van der Waals surface area (Å²) in [6, 6.07) is 13.3. The quantitative estimate of drug-likeness (QED) is 0.363. The molecule has 0 bridgehead atoms. The normalized spacial score (nSPS) is 17.0. The van der Waals surface area contributed by atoms with Crippen LogP contribution in [0.15, 0.2) is 59.3 Å². The Labute approximate surface area is 209 Å². The maximum Gasteiger partial charge on any atom is 0.217 e. The Morgan fingerprint density at radius 3 is 2.46 bits per heavy atom. The zero-order valence-electron chi connectivity index (χ0n) is 19.9. The summed E-state index contributed by atoms with van der Waals surface area (Å²) < 4.78 is 27.4. The van der Waals surface area contributed by atoms with Crippen LogP contribution in [0, 0.1) is 11.6 Å². The van der Waals surface area contributed by atoms with Gasteiger partial charge in [-0.05, 0) is 76.5 Å². The number of amides is 1. The second-order valence-electron chi connectivity index (χ2n) is 9.47. The van der Waals surface area contributed by atoms with Crippen LogP contribution in [0.2, 0.25) is 0 Å². The first-order chi connectivity index (χ1) is 16.8. The fourth-order valence-corrected chi connectivity index (χ4v) is 5.78. The van der Waals surface area contributed by atoms with Gasteiger partial charge in [-0.15, -0.1) is 0 Å². The molecule has 3 aromatic rings. The van der Waals surface area contributed by atoms with Gasteiger partial charge in [-0.3, -0.25) is 4.79 Å². The number of carbonyl (C=O) groups excluding carboxylic acids is 1. The number of thiophene rings is 1. The molecular formula is C28H32F2N2O2S. The third kappa shape index (κ3) is 6.54. The van der Waals surface area contributed by atoms with Gasteiger partial charge in [-0.1, -0.05) is 37.5 Å². The van der Waals surface area contributed by atoms with Crippen LogP contribution in [-0.2, 0) is 16.8 Å². The van der Waals surface area contributed by atoms with Gasteiger partial charge in [0, 0.05) is 25.1 Å². The molecule has 1 heterocycles. The largest absolute Gasteiger partial charge is 0.390 e. The van der Waals surface area contributed by atoms with Crippen LogP contribution >= 0.6 is 11.3 Å². The van der Waals surface area contributed by atoms with E-state index in [0.29, 0.717) is 5.56 Å². The Balaban J connectivity index is 1.53. The van der Waals surface area contributed by atoms with Crippen LogP contribution in [0.25, 0.3) is 11.1 Å². The number of hydrogen-bond acceptors (Lipinski definition) is 4. The molecule has 0 saturated heterocycles. The highest BCUT2D eigenvalue weighted by molar-refractivity contribution is 7.08. The second kappa shape index (κ2) is 11.4. The lowest BCUT2D eigenvalue weighted by molar-refractivity contribution is -0.120. The van der Waals surface area contributed by atoms with E-state index in [0.717, 1.165) is 31.7 Å². The molecule has 1 aromatic heterocycles. The van der Waals surface area contributed by atoms with E-state index in [-0.39, 0.29) is 24.4 Å². The first-order valence-corrected chi connectivity index (χ1v) is 13.1. The number of rotatable bonds is 9. The van der Waals surface area contributed by atoms with Crippen LogP contribution in [0.4, 0.5) is 8.78 Å². The van der Waals surface area contributed by atoms with Gasteiger partial charge < -0.3 is 15.7 Å². The first-order valence-electron chi connectivity index (χ1n) is 12.1. The molecule has 1 aliphatic rings. The highest BCUT2D eigenvalue weighted by atomic mass is 32.1. The molecule has 4 rings (SSSR count). The van der Waals surface area contributed by atoms with Crippen molar-refractivity contribution >= 4 is 17.2 Å². The topological polar surface area (TPSA) is 61.4 Å². The van der Waals surface area contributed by atoms with Crippen molar-refractivity contribution in [3.8, 4) is 11.1 Å². The van der Waals surface area contributed by atoms with Crippen molar-refractivity contribution in [2.45, 2.75) is 63.1 Å². The van der Waals surface area contributed by atoms with Gasteiger partial charge in [0.25, 0.3) is 0 Å². The molecule has 2 atom stereocenters. The Hall–Kier alpha value is -2.61. The summed E-state index contributed by atoms with van der Waals surface area (Å²) in [4.78, 5) is 11.8. The van der Waals surface area contributed by atoms with Crippen molar-refractivity contribution in [2.24, 2.45) is 0 Å². The third-order valence-electron chi connectivity index (χ3n) is 6.86. The lowest BCUT2D eigenvalue weighted by Crippen LogP contribution is -2.53. The SMILES string of the molecule is CC(=O)N[C@@H](Cc1cc(F)cc(F)c1)[C@@H](O)CNC1(c2cccc(-c3ccsc3)c2)CCCCC1.